The highest BCUT2D eigenvalue weighted by molar-refractivity contribution is 5.30. The Morgan fingerprint density at radius 1 is 1.19 bits per heavy atom. The molecule has 3 unspecified atom stereocenters. The molecule has 5 heteroatoms. The lowest BCUT2D eigenvalue weighted by Gasteiger charge is -2.36. The van der Waals surface area contributed by atoms with E-state index in [9.17, 15) is 17.6 Å². The van der Waals surface area contributed by atoms with Crippen LogP contribution >= 0.6 is 0 Å². The van der Waals surface area contributed by atoms with E-state index in [1.165, 1.54) is 6.07 Å². The molecule has 118 valence electrons. The molecule has 1 aliphatic carbocycles. The van der Waals surface area contributed by atoms with Crippen LogP contribution in [0.3, 0.4) is 0 Å². The van der Waals surface area contributed by atoms with Crippen molar-refractivity contribution in [3.05, 3.63) is 35.1 Å². The van der Waals surface area contributed by atoms with Crippen LogP contribution in [0.4, 0.5) is 17.6 Å². The largest absolute Gasteiger partial charge is 0.419 e. The van der Waals surface area contributed by atoms with Gasteiger partial charge in [0, 0.05) is 6.04 Å². The molecule has 0 bridgehead atoms. The summed E-state index contributed by atoms with van der Waals surface area (Å²) in [4.78, 5) is 0. The van der Waals surface area contributed by atoms with Gasteiger partial charge in [-0.1, -0.05) is 19.9 Å². The van der Waals surface area contributed by atoms with Crippen molar-refractivity contribution in [1.29, 1.82) is 0 Å². The number of nitrogens with two attached hydrogens (primary N) is 1. The highest BCUT2D eigenvalue weighted by Gasteiger charge is 2.36. The van der Waals surface area contributed by atoms with Crippen molar-refractivity contribution in [3.63, 3.8) is 0 Å². The van der Waals surface area contributed by atoms with Crippen LogP contribution in [0.5, 0.6) is 0 Å². The molecule has 0 amide bonds. The van der Waals surface area contributed by atoms with E-state index in [4.69, 9.17) is 5.73 Å². The number of hydrogen-bond acceptors (Lipinski definition) is 1. The fourth-order valence-electron chi connectivity index (χ4n) is 3.21. The van der Waals surface area contributed by atoms with Gasteiger partial charge in [0.1, 0.15) is 5.82 Å². The molecule has 0 spiro atoms. The Bertz CT molecular complexity index is 496. The normalized spacial score (nSPS) is 27.1. The molecule has 21 heavy (non-hydrogen) atoms. The summed E-state index contributed by atoms with van der Waals surface area (Å²) < 4.78 is 51.5. The van der Waals surface area contributed by atoms with Crippen molar-refractivity contribution in [3.8, 4) is 0 Å². The first-order chi connectivity index (χ1) is 9.70. The predicted octanol–water partition coefficient (Wildman–Crippen LogP) is 4.71. The van der Waals surface area contributed by atoms with Crippen molar-refractivity contribution >= 4 is 0 Å². The maximum atomic E-state index is 13.7. The highest BCUT2D eigenvalue weighted by atomic mass is 19.4. The van der Waals surface area contributed by atoms with Crippen LogP contribution < -0.4 is 5.73 Å². The van der Waals surface area contributed by atoms with Crippen LogP contribution in [-0.4, -0.2) is 6.04 Å². The zero-order chi connectivity index (χ0) is 15.8. The molecule has 1 saturated carbocycles. The fraction of sp³-hybridized carbons (Fsp3) is 0.625. The molecule has 1 nitrogen and oxygen atoms in total. The van der Waals surface area contributed by atoms with E-state index in [1.807, 2.05) is 0 Å². The van der Waals surface area contributed by atoms with Gasteiger partial charge in [-0.25, -0.2) is 4.39 Å². The Morgan fingerprint density at radius 3 is 2.38 bits per heavy atom. The van der Waals surface area contributed by atoms with Crippen molar-refractivity contribution in [1.82, 2.24) is 0 Å². The third-order valence-electron chi connectivity index (χ3n) is 4.61. The van der Waals surface area contributed by atoms with Gasteiger partial charge in [-0.15, -0.1) is 0 Å². The van der Waals surface area contributed by atoms with E-state index in [-0.39, 0.29) is 12.0 Å². The van der Waals surface area contributed by atoms with E-state index in [2.05, 4.69) is 13.8 Å². The smallest absolute Gasteiger partial charge is 0.327 e. The number of halogens is 4. The Morgan fingerprint density at radius 2 is 1.86 bits per heavy atom. The molecular formula is C16H21F4N. The standard InChI is InChI=1S/C16H21F4N/c1-9(2)10-4-6-15(21)12(7-10)11-3-5-13(14(17)8-11)16(18,19)20/h3,5,8-10,12,15H,4,6-7,21H2,1-2H3. The molecule has 2 rings (SSSR count). The number of rotatable bonds is 2. The van der Waals surface area contributed by atoms with Gasteiger partial charge >= 0.3 is 6.18 Å². The number of alkyl halides is 3. The average molecular weight is 303 g/mol. The number of hydrogen-bond donors (Lipinski definition) is 1. The van der Waals surface area contributed by atoms with E-state index < -0.39 is 17.6 Å². The van der Waals surface area contributed by atoms with Gasteiger partial charge < -0.3 is 5.73 Å². The van der Waals surface area contributed by atoms with E-state index >= 15 is 0 Å². The zero-order valence-electron chi connectivity index (χ0n) is 12.3. The summed E-state index contributed by atoms with van der Waals surface area (Å²) in [5, 5.41) is 0. The third kappa shape index (κ3) is 3.57. The molecule has 3 atom stereocenters. The highest BCUT2D eigenvalue weighted by Crippen LogP contribution is 2.40. The second-order valence-electron chi connectivity index (χ2n) is 6.32. The molecule has 0 heterocycles. The van der Waals surface area contributed by atoms with E-state index in [0.29, 0.717) is 17.4 Å². The van der Waals surface area contributed by atoms with Crippen LogP contribution in [0.2, 0.25) is 0 Å². The quantitative estimate of drug-likeness (QED) is 0.787. The Balaban J connectivity index is 2.26. The van der Waals surface area contributed by atoms with Crippen LogP contribution in [0.25, 0.3) is 0 Å². The first kappa shape index (κ1) is 16.3. The molecule has 1 aromatic rings. The maximum absolute atomic E-state index is 13.7. The fourth-order valence-corrected chi connectivity index (χ4v) is 3.21. The molecule has 0 aliphatic heterocycles. The molecule has 1 aromatic carbocycles. The molecule has 1 fully saturated rings. The van der Waals surface area contributed by atoms with Crippen LogP contribution in [0.15, 0.2) is 18.2 Å². The number of benzene rings is 1. The van der Waals surface area contributed by atoms with Crippen LogP contribution in [0, 0.1) is 17.7 Å². The predicted molar refractivity (Wildman–Crippen MR) is 74.3 cm³/mol. The second kappa shape index (κ2) is 5.95. The topological polar surface area (TPSA) is 26.0 Å². The van der Waals surface area contributed by atoms with Gasteiger partial charge in [0.25, 0.3) is 0 Å². The zero-order valence-corrected chi connectivity index (χ0v) is 12.3. The third-order valence-corrected chi connectivity index (χ3v) is 4.61. The van der Waals surface area contributed by atoms with E-state index in [0.717, 1.165) is 31.4 Å². The Kier molecular flexibility index (Phi) is 4.61. The summed E-state index contributed by atoms with van der Waals surface area (Å²) in [5.74, 6) is -0.291. The van der Waals surface area contributed by atoms with E-state index in [1.54, 1.807) is 0 Å². The molecule has 2 N–H and O–H groups in total. The van der Waals surface area contributed by atoms with Gasteiger partial charge in [-0.2, -0.15) is 13.2 Å². The Hall–Kier alpha value is -1.10. The lowest BCUT2D eigenvalue weighted by atomic mass is 9.71. The van der Waals surface area contributed by atoms with Crippen LogP contribution in [0.1, 0.15) is 50.2 Å². The summed E-state index contributed by atoms with van der Waals surface area (Å²) in [6.07, 6.45) is -1.99. The van der Waals surface area contributed by atoms with Crippen molar-refractivity contribution in [2.24, 2.45) is 17.6 Å². The SMILES string of the molecule is CC(C)C1CCC(N)C(c2ccc(C(F)(F)F)c(F)c2)C1. The van der Waals surface area contributed by atoms with Gasteiger partial charge in [-0.05, 0) is 54.7 Å². The lowest BCUT2D eigenvalue weighted by Crippen LogP contribution is -2.36. The minimum absolute atomic E-state index is 0.0667. The minimum Gasteiger partial charge on any atom is -0.327 e. The summed E-state index contributed by atoms with van der Waals surface area (Å²) in [7, 11) is 0. The first-order valence-corrected chi connectivity index (χ1v) is 7.32. The minimum atomic E-state index is -4.65. The van der Waals surface area contributed by atoms with Crippen molar-refractivity contribution in [2.45, 2.75) is 51.2 Å². The monoisotopic (exact) mass is 303 g/mol. The van der Waals surface area contributed by atoms with Crippen molar-refractivity contribution < 1.29 is 17.6 Å². The Labute approximate surface area is 122 Å². The molecule has 0 radical (unpaired) electrons. The van der Waals surface area contributed by atoms with Gasteiger partial charge in [0.2, 0.25) is 0 Å². The lowest BCUT2D eigenvalue weighted by molar-refractivity contribution is -0.140. The van der Waals surface area contributed by atoms with Crippen LogP contribution in [-0.2, 0) is 6.18 Å². The summed E-state index contributed by atoms with van der Waals surface area (Å²) in [5.41, 5.74) is 5.47. The summed E-state index contributed by atoms with van der Waals surface area (Å²) in [6, 6.07) is 3.10. The second-order valence-corrected chi connectivity index (χ2v) is 6.32. The van der Waals surface area contributed by atoms with Crippen molar-refractivity contribution in [2.75, 3.05) is 0 Å². The molecule has 0 aromatic heterocycles. The first-order valence-electron chi connectivity index (χ1n) is 7.32. The molecular weight excluding hydrogens is 282 g/mol. The molecule has 0 saturated heterocycles. The summed E-state index contributed by atoms with van der Waals surface area (Å²) >= 11 is 0. The molecule has 1 aliphatic rings. The van der Waals surface area contributed by atoms with Gasteiger partial charge in [0.15, 0.2) is 0 Å². The van der Waals surface area contributed by atoms with Gasteiger partial charge in [0.05, 0.1) is 5.56 Å². The summed E-state index contributed by atoms with van der Waals surface area (Å²) in [6.45, 7) is 4.26. The van der Waals surface area contributed by atoms with Gasteiger partial charge in [-0.3, -0.25) is 0 Å². The maximum Gasteiger partial charge on any atom is 0.419 e. The average Bonchev–Trinajstić information content (AvgIpc) is 2.37.